The molecule has 2 aromatic heterocycles. The summed E-state index contributed by atoms with van der Waals surface area (Å²) >= 11 is 0. The molecule has 5 heteroatoms. The molecule has 5 nitrogen and oxygen atoms in total. The molecule has 0 aromatic carbocycles. The topological polar surface area (TPSA) is 60.2 Å². The van der Waals surface area contributed by atoms with E-state index in [1.165, 1.54) is 0 Å². The molecule has 2 rings (SSSR count). The predicted molar refractivity (Wildman–Crippen MR) is 58.1 cm³/mol. The minimum absolute atomic E-state index is 0.498. The second-order valence-electron chi connectivity index (χ2n) is 3.44. The summed E-state index contributed by atoms with van der Waals surface area (Å²) in [6, 6.07) is 3.53. The van der Waals surface area contributed by atoms with Crippen molar-refractivity contribution < 1.29 is 9.84 Å². The van der Waals surface area contributed by atoms with Crippen LogP contribution in [0.25, 0.3) is 0 Å². The lowest BCUT2D eigenvalue weighted by Crippen LogP contribution is -2.04. The summed E-state index contributed by atoms with van der Waals surface area (Å²) in [6.45, 7) is 0. The molecular weight excluding hydrogens is 206 g/mol. The number of hydrogen-bond donors (Lipinski definition) is 1. The van der Waals surface area contributed by atoms with Crippen molar-refractivity contribution in [2.75, 3.05) is 7.11 Å². The van der Waals surface area contributed by atoms with Crippen molar-refractivity contribution in [2.24, 2.45) is 7.05 Å². The van der Waals surface area contributed by atoms with Crippen molar-refractivity contribution in [3.8, 4) is 5.75 Å². The first-order chi connectivity index (χ1) is 7.72. The fourth-order valence-corrected chi connectivity index (χ4v) is 1.52. The number of nitrogens with zero attached hydrogens (tertiary/aromatic N) is 3. The molecule has 0 saturated heterocycles. The first-order valence-electron chi connectivity index (χ1n) is 4.88. The van der Waals surface area contributed by atoms with Crippen LogP contribution in [0.15, 0.2) is 30.7 Å². The molecule has 16 heavy (non-hydrogen) atoms. The van der Waals surface area contributed by atoms with Crippen molar-refractivity contribution in [1.29, 1.82) is 0 Å². The lowest BCUT2D eigenvalue weighted by atomic mass is 10.1. The Labute approximate surface area is 93.3 Å². The van der Waals surface area contributed by atoms with Gasteiger partial charge in [0.1, 0.15) is 17.5 Å². The molecule has 0 amide bonds. The van der Waals surface area contributed by atoms with Crippen molar-refractivity contribution in [3.63, 3.8) is 0 Å². The van der Waals surface area contributed by atoms with Crippen molar-refractivity contribution >= 4 is 0 Å². The number of aliphatic hydroxyl groups is 1. The van der Waals surface area contributed by atoms with Crippen LogP contribution in [0.1, 0.15) is 17.4 Å². The van der Waals surface area contributed by atoms with Gasteiger partial charge in [0.25, 0.3) is 0 Å². The molecule has 0 aliphatic rings. The third-order valence-corrected chi connectivity index (χ3v) is 2.32. The van der Waals surface area contributed by atoms with Gasteiger partial charge in [-0.1, -0.05) is 0 Å². The van der Waals surface area contributed by atoms with E-state index in [0.717, 1.165) is 0 Å². The standard InChI is InChI=1S/C11H13N3O2/c1-14-7-8(6-13-14)11(15)10-9(16-2)4-3-5-12-10/h3-7,11,15H,1-2H3. The summed E-state index contributed by atoms with van der Waals surface area (Å²) in [5, 5.41) is 14.1. The van der Waals surface area contributed by atoms with E-state index in [0.29, 0.717) is 17.0 Å². The zero-order chi connectivity index (χ0) is 11.5. The van der Waals surface area contributed by atoms with E-state index >= 15 is 0 Å². The summed E-state index contributed by atoms with van der Waals surface area (Å²) in [4.78, 5) is 4.12. The van der Waals surface area contributed by atoms with Crippen LogP contribution in [0, 0.1) is 0 Å². The van der Waals surface area contributed by atoms with E-state index in [4.69, 9.17) is 4.74 Å². The fourth-order valence-electron chi connectivity index (χ4n) is 1.52. The van der Waals surface area contributed by atoms with Crippen molar-refractivity contribution in [3.05, 3.63) is 42.0 Å². The number of pyridine rings is 1. The number of rotatable bonds is 3. The summed E-state index contributed by atoms with van der Waals surface area (Å²) in [6.07, 6.45) is 4.17. The second-order valence-corrected chi connectivity index (χ2v) is 3.44. The highest BCUT2D eigenvalue weighted by molar-refractivity contribution is 5.33. The van der Waals surface area contributed by atoms with Gasteiger partial charge in [0.15, 0.2) is 0 Å². The van der Waals surface area contributed by atoms with Gasteiger partial charge in [-0.05, 0) is 12.1 Å². The normalized spacial score (nSPS) is 12.4. The quantitative estimate of drug-likeness (QED) is 0.833. The maximum atomic E-state index is 10.1. The molecule has 2 heterocycles. The highest BCUT2D eigenvalue weighted by Crippen LogP contribution is 2.26. The van der Waals surface area contributed by atoms with Crippen LogP contribution in [0.4, 0.5) is 0 Å². The Morgan fingerprint density at radius 1 is 1.50 bits per heavy atom. The third-order valence-electron chi connectivity index (χ3n) is 2.32. The zero-order valence-corrected chi connectivity index (χ0v) is 9.16. The second kappa shape index (κ2) is 4.32. The van der Waals surface area contributed by atoms with Gasteiger partial charge in [0, 0.05) is 25.0 Å². The van der Waals surface area contributed by atoms with Crippen molar-refractivity contribution in [1.82, 2.24) is 14.8 Å². The first kappa shape index (κ1) is 10.6. The Kier molecular flexibility index (Phi) is 2.87. The summed E-state index contributed by atoms with van der Waals surface area (Å²) < 4.78 is 6.78. The minimum atomic E-state index is -0.815. The molecular formula is C11H13N3O2. The SMILES string of the molecule is COc1cccnc1C(O)c1cnn(C)c1. The smallest absolute Gasteiger partial charge is 0.143 e. The minimum Gasteiger partial charge on any atom is -0.495 e. The number of methoxy groups -OCH3 is 1. The molecule has 0 fully saturated rings. The fraction of sp³-hybridized carbons (Fsp3) is 0.273. The van der Waals surface area contributed by atoms with Gasteiger partial charge in [-0.25, -0.2) is 0 Å². The van der Waals surface area contributed by atoms with Crippen LogP contribution < -0.4 is 4.74 Å². The Balaban J connectivity index is 2.36. The third kappa shape index (κ3) is 1.90. The van der Waals surface area contributed by atoms with Gasteiger partial charge < -0.3 is 9.84 Å². The van der Waals surface area contributed by atoms with Gasteiger partial charge in [-0.15, -0.1) is 0 Å². The van der Waals surface area contributed by atoms with Crippen LogP contribution in [-0.2, 0) is 7.05 Å². The molecule has 84 valence electrons. The molecule has 0 spiro atoms. The van der Waals surface area contributed by atoms with E-state index in [9.17, 15) is 5.11 Å². The summed E-state index contributed by atoms with van der Waals surface area (Å²) in [5.74, 6) is 0.568. The molecule has 0 aliphatic heterocycles. The molecule has 0 bridgehead atoms. The number of aromatic nitrogens is 3. The zero-order valence-electron chi connectivity index (χ0n) is 9.16. The van der Waals surface area contributed by atoms with Crippen LogP contribution >= 0.6 is 0 Å². The van der Waals surface area contributed by atoms with E-state index in [2.05, 4.69) is 10.1 Å². The molecule has 1 unspecified atom stereocenters. The molecule has 1 atom stereocenters. The molecule has 1 N–H and O–H groups in total. The summed E-state index contributed by atoms with van der Waals surface area (Å²) in [7, 11) is 3.35. The average molecular weight is 219 g/mol. The summed E-state index contributed by atoms with van der Waals surface area (Å²) in [5.41, 5.74) is 1.19. The van der Waals surface area contributed by atoms with Crippen LogP contribution in [0.3, 0.4) is 0 Å². The number of aliphatic hydroxyl groups excluding tert-OH is 1. The highest BCUT2D eigenvalue weighted by atomic mass is 16.5. The predicted octanol–water partition coefficient (Wildman–Crippen LogP) is 0.905. The lowest BCUT2D eigenvalue weighted by molar-refractivity contribution is 0.209. The van der Waals surface area contributed by atoms with Gasteiger partial charge in [-0.3, -0.25) is 9.67 Å². The molecule has 0 aliphatic carbocycles. The van der Waals surface area contributed by atoms with Gasteiger partial charge >= 0.3 is 0 Å². The van der Waals surface area contributed by atoms with Crippen LogP contribution in [-0.4, -0.2) is 27.0 Å². The van der Waals surface area contributed by atoms with Crippen molar-refractivity contribution in [2.45, 2.75) is 6.10 Å². The van der Waals surface area contributed by atoms with Gasteiger partial charge in [-0.2, -0.15) is 5.10 Å². The van der Waals surface area contributed by atoms with E-state index in [-0.39, 0.29) is 0 Å². The highest BCUT2D eigenvalue weighted by Gasteiger charge is 2.17. The number of aryl methyl sites for hydroxylation is 1. The molecule has 0 radical (unpaired) electrons. The first-order valence-corrected chi connectivity index (χ1v) is 4.88. The average Bonchev–Trinajstić information content (AvgIpc) is 2.75. The van der Waals surface area contributed by atoms with E-state index in [1.54, 1.807) is 49.6 Å². The van der Waals surface area contributed by atoms with Gasteiger partial charge in [0.2, 0.25) is 0 Å². The Bertz CT molecular complexity index is 482. The lowest BCUT2D eigenvalue weighted by Gasteiger charge is -2.11. The largest absolute Gasteiger partial charge is 0.495 e. The Hall–Kier alpha value is -1.88. The number of hydrogen-bond acceptors (Lipinski definition) is 4. The monoisotopic (exact) mass is 219 g/mol. The van der Waals surface area contributed by atoms with Crippen LogP contribution in [0.5, 0.6) is 5.75 Å². The molecule has 0 saturated carbocycles. The van der Waals surface area contributed by atoms with Gasteiger partial charge in [0.05, 0.1) is 13.3 Å². The van der Waals surface area contributed by atoms with E-state index < -0.39 is 6.10 Å². The Morgan fingerprint density at radius 3 is 2.94 bits per heavy atom. The van der Waals surface area contributed by atoms with E-state index in [1.807, 2.05) is 0 Å². The maximum Gasteiger partial charge on any atom is 0.143 e. The van der Waals surface area contributed by atoms with Crippen LogP contribution in [0.2, 0.25) is 0 Å². The maximum absolute atomic E-state index is 10.1. The number of ether oxygens (including phenoxy) is 1. The Morgan fingerprint density at radius 2 is 2.31 bits per heavy atom. The molecule has 2 aromatic rings.